The number of sulfonamides is 1. The number of nitrogens with one attached hydrogen (secondary N) is 2. The zero-order valence-electron chi connectivity index (χ0n) is 11.8. The van der Waals surface area contributed by atoms with Crippen LogP contribution in [0.25, 0.3) is 0 Å². The number of rotatable bonds is 10. The van der Waals surface area contributed by atoms with Gasteiger partial charge in [-0.3, -0.25) is 0 Å². The van der Waals surface area contributed by atoms with Crippen LogP contribution < -0.4 is 10.0 Å². The minimum Gasteiger partial charge on any atom is -0.313 e. The van der Waals surface area contributed by atoms with Crippen LogP contribution in [0.3, 0.4) is 0 Å². The monoisotopic (exact) mass is 277 g/mol. The maximum absolute atomic E-state index is 12.0. The van der Waals surface area contributed by atoms with E-state index in [4.69, 9.17) is 0 Å². The zero-order valence-corrected chi connectivity index (χ0v) is 12.6. The molecular formula is C12H27N3O2S. The van der Waals surface area contributed by atoms with Crippen LogP contribution in [-0.4, -0.2) is 57.3 Å². The molecule has 6 heteroatoms. The highest BCUT2D eigenvalue weighted by atomic mass is 32.2. The maximum Gasteiger partial charge on any atom is 0.215 e. The predicted octanol–water partition coefficient (Wildman–Crippen LogP) is 0.388. The van der Waals surface area contributed by atoms with Crippen LogP contribution in [0.1, 0.15) is 33.6 Å². The van der Waals surface area contributed by atoms with Gasteiger partial charge in [-0.1, -0.05) is 13.8 Å². The second-order valence-corrected chi connectivity index (χ2v) is 7.14. The first-order valence-corrected chi connectivity index (χ1v) is 8.48. The molecule has 0 aromatic carbocycles. The van der Waals surface area contributed by atoms with Crippen molar-refractivity contribution < 1.29 is 8.42 Å². The van der Waals surface area contributed by atoms with Gasteiger partial charge in [-0.15, -0.1) is 0 Å². The molecule has 0 aromatic heterocycles. The van der Waals surface area contributed by atoms with Crippen LogP contribution in [0, 0.1) is 0 Å². The molecule has 1 aliphatic carbocycles. The summed E-state index contributed by atoms with van der Waals surface area (Å²) in [4.78, 5) is 2.20. The fraction of sp³-hybridized carbons (Fsp3) is 1.00. The lowest BCUT2D eigenvalue weighted by Gasteiger charge is -2.19. The summed E-state index contributed by atoms with van der Waals surface area (Å²) in [6, 6.07) is 0.554. The van der Waals surface area contributed by atoms with E-state index in [1.165, 1.54) is 12.8 Å². The number of hydrogen-bond donors (Lipinski definition) is 2. The molecule has 2 N–H and O–H groups in total. The molecule has 0 radical (unpaired) electrons. The molecule has 5 nitrogen and oxygen atoms in total. The molecule has 1 aliphatic rings. The van der Waals surface area contributed by atoms with E-state index in [1.807, 2.05) is 0 Å². The Morgan fingerprint density at radius 2 is 1.89 bits per heavy atom. The molecule has 0 spiro atoms. The van der Waals surface area contributed by atoms with E-state index < -0.39 is 10.0 Å². The summed E-state index contributed by atoms with van der Waals surface area (Å²) < 4.78 is 26.6. The first-order valence-electron chi connectivity index (χ1n) is 6.93. The van der Waals surface area contributed by atoms with Gasteiger partial charge in [-0.05, 0) is 32.9 Å². The summed E-state index contributed by atoms with van der Waals surface area (Å²) in [7, 11) is -3.18. The Hall–Kier alpha value is -0.170. The van der Waals surface area contributed by atoms with Gasteiger partial charge in [0, 0.05) is 25.7 Å². The first kappa shape index (κ1) is 15.9. The second kappa shape index (κ2) is 7.43. The Balaban J connectivity index is 2.24. The average molecular weight is 277 g/mol. The lowest BCUT2D eigenvalue weighted by atomic mass is 10.4. The summed E-state index contributed by atoms with van der Waals surface area (Å²) in [6.45, 7) is 9.65. The van der Waals surface area contributed by atoms with Gasteiger partial charge >= 0.3 is 0 Å². The molecule has 0 amide bonds. The van der Waals surface area contributed by atoms with E-state index >= 15 is 0 Å². The normalized spacial score (nSPS) is 18.2. The quantitative estimate of drug-likeness (QED) is 0.606. The maximum atomic E-state index is 12.0. The van der Waals surface area contributed by atoms with Crippen molar-refractivity contribution in [3.63, 3.8) is 0 Å². The van der Waals surface area contributed by atoms with E-state index in [0.29, 0.717) is 19.1 Å². The largest absolute Gasteiger partial charge is 0.313 e. The standard InChI is InChI=1S/C12H27N3O2S/c1-4-15(5-2)9-8-14-18(16,17)11(3)10-13-12-6-7-12/h11-14H,4-10H2,1-3H3. The third-order valence-corrected chi connectivity index (χ3v) is 5.26. The highest BCUT2D eigenvalue weighted by molar-refractivity contribution is 7.90. The Labute approximate surface area is 111 Å². The van der Waals surface area contributed by atoms with Crippen LogP contribution in [0.2, 0.25) is 0 Å². The lowest BCUT2D eigenvalue weighted by Crippen LogP contribution is -2.42. The Bertz CT molecular complexity index is 324. The van der Waals surface area contributed by atoms with E-state index in [0.717, 1.165) is 19.6 Å². The van der Waals surface area contributed by atoms with Crippen LogP contribution >= 0.6 is 0 Å². The summed E-state index contributed by atoms with van der Waals surface area (Å²) >= 11 is 0. The van der Waals surface area contributed by atoms with Crippen LogP contribution in [0.5, 0.6) is 0 Å². The Morgan fingerprint density at radius 1 is 1.28 bits per heavy atom. The Kier molecular flexibility index (Phi) is 6.55. The third kappa shape index (κ3) is 5.65. The second-order valence-electron chi connectivity index (χ2n) is 4.96. The van der Waals surface area contributed by atoms with Crippen molar-refractivity contribution in [2.24, 2.45) is 0 Å². The molecular weight excluding hydrogens is 250 g/mol. The molecule has 0 bridgehead atoms. The van der Waals surface area contributed by atoms with E-state index in [1.54, 1.807) is 6.92 Å². The highest BCUT2D eigenvalue weighted by Gasteiger charge is 2.25. The van der Waals surface area contributed by atoms with Gasteiger partial charge in [-0.25, -0.2) is 13.1 Å². The predicted molar refractivity (Wildman–Crippen MR) is 75.2 cm³/mol. The molecule has 0 aromatic rings. The fourth-order valence-corrected chi connectivity index (χ4v) is 2.73. The van der Waals surface area contributed by atoms with Gasteiger partial charge in [0.15, 0.2) is 0 Å². The molecule has 1 fully saturated rings. The third-order valence-electron chi connectivity index (χ3n) is 3.43. The molecule has 1 rings (SSSR count). The van der Waals surface area contributed by atoms with Crippen molar-refractivity contribution >= 4 is 10.0 Å². The van der Waals surface area contributed by atoms with Crippen molar-refractivity contribution in [3.05, 3.63) is 0 Å². The zero-order chi connectivity index (χ0) is 13.6. The van der Waals surface area contributed by atoms with Crippen molar-refractivity contribution in [2.45, 2.75) is 44.9 Å². The minimum absolute atomic E-state index is 0.366. The van der Waals surface area contributed by atoms with Crippen molar-refractivity contribution in [2.75, 3.05) is 32.7 Å². The topological polar surface area (TPSA) is 61.4 Å². The smallest absolute Gasteiger partial charge is 0.215 e. The molecule has 0 saturated heterocycles. The fourth-order valence-electron chi connectivity index (χ4n) is 1.76. The van der Waals surface area contributed by atoms with E-state index in [2.05, 4.69) is 28.8 Å². The minimum atomic E-state index is -3.18. The highest BCUT2D eigenvalue weighted by Crippen LogP contribution is 2.18. The summed E-state index contributed by atoms with van der Waals surface area (Å²) in [5.41, 5.74) is 0. The van der Waals surface area contributed by atoms with Gasteiger partial charge < -0.3 is 10.2 Å². The summed E-state index contributed by atoms with van der Waals surface area (Å²) in [5.74, 6) is 0. The number of hydrogen-bond acceptors (Lipinski definition) is 4. The molecule has 1 unspecified atom stereocenters. The van der Waals surface area contributed by atoms with E-state index in [-0.39, 0.29) is 5.25 Å². The van der Waals surface area contributed by atoms with Crippen molar-refractivity contribution in [1.82, 2.24) is 14.9 Å². The van der Waals surface area contributed by atoms with Gasteiger partial charge in [0.05, 0.1) is 5.25 Å². The number of likely N-dealkylation sites (N-methyl/N-ethyl adjacent to an activating group) is 1. The van der Waals surface area contributed by atoms with Crippen LogP contribution in [0.15, 0.2) is 0 Å². The molecule has 0 heterocycles. The van der Waals surface area contributed by atoms with Crippen LogP contribution in [0.4, 0.5) is 0 Å². The summed E-state index contributed by atoms with van der Waals surface area (Å²) in [5, 5.41) is 2.89. The van der Waals surface area contributed by atoms with E-state index in [9.17, 15) is 8.42 Å². The van der Waals surface area contributed by atoms with Crippen molar-refractivity contribution in [3.8, 4) is 0 Å². The van der Waals surface area contributed by atoms with Crippen LogP contribution in [-0.2, 0) is 10.0 Å². The van der Waals surface area contributed by atoms with Gasteiger partial charge in [0.1, 0.15) is 0 Å². The Morgan fingerprint density at radius 3 is 2.39 bits per heavy atom. The molecule has 1 saturated carbocycles. The molecule has 108 valence electrons. The lowest BCUT2D eigenvalue weighted by molar-refractivity contribution is 0.308. The van der Waals surface area contributed by atoms with Crippen molar-refractivity contribution in [1.29, 1.82) is 0 Å². The number of nitrogens with zero attached hydrogens (tertiary/aromatic N) is 1. The molecule has 18 heavy (non-hydrogen) atoms. The SMILES string of the molecule is CCN(CC)CCNS(=O)(=O)C(C)CNC1CC1. The van der Waals surface area contributed by atoms with Gasteiger partial charge in [0.25, 0.3) is 0 Å². The molecule has 1 atom stereocenters. The van der Waals surface area contributed by atoms with Gasteiger partial charge in [0.2, 0.25) is 10.0 Å². The molecule has 0 aliphatic heterocycles. The van der Waals surface area contributed by atoms with Gasteiger partial charge in [-0.2, -0.15) is 0 Å². The first-order chi connectivity index (χ1) is 8.49. The summed E-state index contributed by atoms with van der Waals surface area (Å²) in [6.07, 6.45) is 2.37. The average Bonchev–Trinajstić information content (AvgIpc) is 3.15.